The molecule has 0 fully saturated rings. The third-order valence-electron chi connectivity index (χ3n) is 5.17. The number of amides is 4. The molecule has 0 heterocycles. The van der Waals surface area contributed by atoms with Crippen molar-refractivity contribution >= 4 is 41.5 Å². The first-order valence-electron chi connectivity index (χ1n) is 11.6. The molecule has 0 aromatic rings. The number of guanidine groups is 1. The van der Waals surface area contributed by atoms with Gasteiger partial charge in [-0.3, -0.25) is 29.0 Å². The van der Waals surface area contributed by atoms with E-state index < -0.39 is 66.2 Å². The molecule has 0 bridgehead atoms. The maximum Gasteiger partial charge on any atom is 0.326 e. The van der Waals surface area contributed by atoms with E-state index in [1.54, 1.807) is 13.8 Å². The summed E-state index contributed by atoms with van der Waals surface area (Å²) in [5, 5.41) is 25.4. The average Bonchev–Trinajstić information content (AvgIpc) is 2.79. The molecule has 0 saturated carbocycles. The van der Waals surface area contributed by atoms with Crippen molar-refractivity contribution in [3.8, 4) is 0 Å². The molecule has 0 aromatic carbocycles. The Morgan fingerprint density at radius 1 is 0.757 bits per heavy atom. The predicted octanol–water partition coefficient (Wildman–Crippen LogP) is -3.31. The number of rotatable bonds is 18. The van der Waals surface area contributed by atoms with Crippen LogP contribution in [0.4, 0.5) is 0 Å². The smallest absolute Gasteiger partial charge is 0.326 e. The van der Waals surface area contributed by atoms with Crippen LogP contribution in [0.5, 0.6) is 0 Å². The number of carboxylic acid groups (broad SMARTS) is 2. The summed E-state index contributed by atoms with van der Waals surface area (Å²) < 4.78 is 0. The van der Waals surface area contributed by atoms with E-state index >= 15 is 0 Å². The Hall–Kier alpha value is -3.95. The number of carboxylic acids is 2. The van der Waals surface area contributed by atoms with Crippen LogP contribution in [0.3, 0.4) is 0 Å². The van der Waals surface area contributed by atoms with E-state index in [0.29, 0.717) is 0 Å². The van der Waals surface area contributed by atoms with Crippen molar-refractivity contribution in [1.82, 2.24) is 16.0 Å². The van der Waals surface area contributed by atoms with Crippen LogP contribution in [0.2, 0.25) is 0 Å². The molecule has 37 heavy (non-hydrogen) atoms. The normalized spacial score (nSPS) is 13.9. The molecular formula is C21H38N8O8. The Bertz CT molecular complexity index is 859. The minimum atomic E-state index is -1.51. The second kappa shape index (κ2) is 16.7. The Kier molecular flexibility index (Phi) is 14.9. The van der Waals surface area contributed by atoms with Crippen LogP contribution in [0.25, 0.3) is 0 Å². The number of nitrogens with zero attached hydrogens (tertiary/aromatic N) is 1. The summed E-state index contributed by atoms with van der Waals surface area (Å²) in [4.78, 5) is 75.6. The van der Waals surface area contributed by atoms with Gasteiger partial charge in [0.25, 0.3) is 0 Å². The summed E-state index contributed by atoms with van der Waals surface area (Å²) >= 11 is 0. The van der Waals surface area contributed by atoms with Crippen LogP contribution in [0, 0.1) is 5.92 Å². The molecule has 4 unspecified atom stereocenters. The molecule has 13 N–H and O–H groups in total. The van der Waals surface area contributed by atoms with Gasteiger partial charge in [0.15, 0.2) is 5.96 Å². The van der Waals surface area contributed by atoms with E-state index in [2.05, 4.69) is 20.9 Å². The van der Waals surface area contributed by atoms with Crippen molar-refractivity contribution in [2.24, 2.45) is 33.8 Å². The number of carbonyl (C=O) groups excluding carboxylic acids is 4. The van der Waals surface area contributed by atoms with Crippen LogP contribution < -0.4 is 38.9 Å². The number of hydrogen-bond donors (Lipinski definition) is 9. The molecule has 16 nitrogen and oxygen atoms in total. The lowest BCUT2D eigenvalue weighted by Crippen LogP contribution is -2.57. The van der Waals surface area contributed by atoms with E-state index in [0.717, 1.165) is 0 Å². The lowest BCUT2D eigenvalue weighted by Gasteiger charge is -2.25. The van der Waals surface area contributed by atoms with Crippen molar-refractivity contribution in [3.05, 3.63) is 0 Å². The number of primary amides is 1. The lowest BCUT2D eigenvalue weighted by atomic mass is 10.0. The van der Waals surface area contributed by atoms with E-state index in [-0.39, 0.29) is 50.5 Å². The molecule has 16 heteroatoms. The number of aliphatic imine (C=N–C) groups is 1. The van der Waals surface area contributed by atoms with Crippen LogP contribution in [-0.4, -0.2) is 82.5 Å². The van der Waals surface area contributed by atoms with E-state index in [4.69, 9.17) is 28.0 Å². The van der Waals surface area contributed by atoms with Gasteiger partial charge in [-0.25, -0.2) is 4.79 Å². The van der Waals surface area contributed by atoms with E-state index in [9.17, 15) is 33.9 Å². The van der Waals surface area contributed by atoms with Gasteiger partial charge in [0, 0.05) is 19.4 Å². The molecule has 0 aliphatic heterocycles. The highest BCUT2D eigenvalue weighted by Crippen LogP contribution is 2.07. The van der Waals surface area contributed by atoms with Gasteiger partial charge >= 0.3 is 11.9 Å². The Balaban J connectivity index is 5.69. The molecule has 0 aliphatic carbocycles. The highest BCUT2D eigenvalue weighted by atomic mass is 16.4. The van der Waals surface area contributed by atoms with Gasteiger partial charge in [-0.2, -0.15) is 0 Å². The first-order chi connectivity index (χ1) is 17.1. The van der Waals surface area contributed by atoms with Gasteiger partial charge < -0.3 is 49.1 Å². The number of hydrogen-bond acceptors (Lipinski definition) is 8. The van der Waals surface area contributed by atoms with Crippen LogP contribution >= 0.6 is 0 Å². The third kappa shape index (κ3) is 14.3. The summed E-state index contributed by atoms with van der Waals surface area (Å²) in [5.74, 6) is -6.35. The average molecular weight is 531 g/mol. The fourth-order valence-electron chi connectivity index (χ4n) is 2.97. The molecule has 0 saturated heterocycles. The third-order valence-corrected chi connectivity index (χ3v) is 5.17. The van der Waals surface area contributed by atoms with Crippen molar-refractivity contribution < 1.29 is 39.0 Å². The second-order valence-electron chi connectivity index (χ2n) is 8.68. The summed E-state index contributed by atoms with van der Waals surface area (Å²) in [5.41, 5.74) is 21.4. The van der Waals surface area contributed by atoms with Gasteiger partial charge in [0.2, 0.25) is 23.6 Å². The van der Waals surface area contributed by atoms with Gasteiger partial charge in [-0.1, -0.05) is 13.8 Å². The number of nitrogens with two attached hydrogens (primary N) is 4. The SMILES string of the molecule is CC(C)C(N)C(=O)NC(CCCN=C(N)N)C(=O)NC(CCC(=O)O)C(=O)NC(CCC(N)=O)C(=O)O. The van der Waals surface area contributed by atoms with Gasteiger partial charge in [0.1, 0.15) is 18.1 Å². The Morgan fingerprint density at radius 3 is 1.70 bits per heavy atom. The highest BCUT2D eigenvalue weighted by Gasteiger charge is 2.31. The van der Waals surface area contributed by atoms with Crippen molar-refractivity contribution in [2.75, 3.05) is 6.54 Å². The second-order valence-corrected chi connectivity index (χ2v) is 8.68. The van der Waals surface area contributed by atoms with E-state index in [1.807, 2.05) is 0 Å². The Labute approximate surface area is 214 Å². The molecule has 0 aliphatic rings. The summed E-state index contributed by atoms with van der Waals surface area (Å²) in [6.45, 7) is 3.56. The van der Waals surface area contributed by atoms with Crippen LogP contribution in [0.15, 0.2) is 4.99 Å². The van der Waals surface area contributed by atoms with Crippen LogP contribution in [0.1, 0.15) is 52.4 Å². The van der Waals surface area contributed by atoms with Crippen molar-refractivity contribution in [1.29, 1.82) is 0 Å². The largest absolute Gasteiger partial charge is 0.481 e. The van der Waals surface area contributed by atoms with Crippen molar-refractivity contribution in [2.45, 2.75) is 76.5 Å². The predicted molar refractivity (Wildman–Crippen MR) is 131 cm³/mol. The maximum atomic E-state index is 13.0. The zero-order valence-electron chi connectivity index (χ0n) is 20.9. The minimum Gasteiger partial charge on any atom is -0.481 e. The van der Waals surface area contributed by atoms with Crippen LogP contribution in [-0.2, 0) is 28.8 Å². The zero-order valence-corrected chi connectivity index (χ0v) is 20.9. The fourth-order valence-corrected chi connectivity index (χ4v) is 2.97. The topological polar surface area (TPSA) is 295 Å². The standard InChI is InChI=1S/C21H38N8O8/c1-10(2)16(23)19(35)28-11(4-3-9-26-21(24)25)17(33)27-12(6-8-15(31)32)18(34)29-13(20(36)37)5-7-14(22)30/h10-13,16H,3-9,23H2,1-2H3,(H2,22,30)(H,27,33)(H,28,35)(H,29,34)(H,31,32)(H,36,37)(H4,24,25,26). The lowest BCUT2D eigenvalue weighted by molar-refractivity contribution is -0.143. The van der Waals surface area contributed by atoms with Crippen molar-refractivity contribution in [3.63, 3.8) is 0 Å². The maximum absolute atomic E-state index is 13.0. The first-order valence-corrected chi connectivity index (χ1v) is 11.6. The minimum absolute atomic E-state index is 0.0444. The Morgan fingerprint density at radius 2 is 1.24 bits per heavy atom. The number of carbonyl (C=O) groups is 6. The molecule has 0 rings (SSSR count). The van der Waals surface area contributed by atoms with Gasteiger partial charge in [0.05, 0.1) is 6.04 Å². The molecule has 0 radical (unpaired) electrons. The van der Waals surface area contributed by atoms with Gasteiger partial charge in [-0.15, -0.1) is 0 Å². The first kappa shape index (κ1) is 33.0. The number of aliphatic carboxylic acids is 2. The fraction of sp³-hybridized carbons (Fsp3) is 0.667. The summed E-state index contributed by atoms with van der Waals surface area (Å²) in [7, 11) is 0. The molecular weight excluding hydrogens is 492 g/mol. The quantitative estimate of drug-likeness (QED) is 0.0480. The zero-order chi connectivity index (χ0) is 28.7. The highest BCUT2D eigenvalue weighted by molar-refractivity contribution is 5.94. The molecule has 0 spiro atoms. The molecule has 4 atom stereocenters. The molecule has 0 aromatic heterocycles. The summed E-state index contributed by atoms with van der Waals surface area (Å²) in [6, 6.07) is -5.09. The van der Waals surface area contributed by atoms with E-state index in [1.165, 1.54) is 0 Å². The molecule has 4 amide bonds. The summed E-state index contributed by atoms with van der Waals surface area (Å²) in [6.07, 6.45) is -1.25. The monoisotopic (exact) mass is 530 g/mol. The number of nitrogens with one attached hydrogen (secondary N) is 3. The molecule has 210 valence electrons. The van der Waals surface area contributed by atoms with Gasteiger partial charge in [-0.05, 0) is 31.6 Å².